The molecule has 1 heterocycles. The fourth-order valence-corrected chi connectivity index (χ4v) is 0.561. The minimum atomic E-state index is -0.0162. The molecule has 1 unspecified atom stereocenters. The Morgan fingerprint density at radius 3 is 2.67 bits per heavy atom. The zero-order valence-corrected chi connectivity index (χ0v) is 7.13. The number of imidazole rings is 1. The molecule has 0 fully saturated rings. The van der Waals surface area contributed by atoms with E-state index in [0.717, 1.165) is 5.69 Å². The Morgan fingerprint density at radius 1 is 1.78 bits per heavy atom. The summed E-state index contributed by atoms with van der Waals surface area (Å²) in [6.45, 7) is 1.87. The second kappa shape index (κ2) is 4.05. The zero-order valence-electron chi connectivity index (χ0n) is 4.82. The van der Waals surface area contributed by atoms with E-state index in [1.807, 2.05) is 6.92 Å². The first-order valence-corrected chi connectivity index (χ1v) is 2.81. The molecular formula is C5H6ClN2Pd-. The number of alkyl halides is 1. The Morgan fingerprint density at radius 2 is 2.44 bits per heavy atom. The van der Waals surface area contributed by atoms with Crippen molar-refractivity contribution in [3.63, 3.8) is 0 Å². The van der Waals surface area contributed by atoms with Crippen molar-refractivity contribution in [3.8, 4) is 0 Å². The molecule has 54 valence electrons. The zero-order chi connectivity index (χ0) is 5.98. The molecule has 0 aliphatic heterocycles. The molecule has 0 saturated carbocycles. The quantitative estimate of drug-likeness (QED) is 0.543. The SMILES string of the molecule is CC(Cl)c1c[n-]cn1.[Pd]. The molecule has 1 aromatic heterocycles. The Labute approximate surface area is 72.7 Å². The van der Waals surface area contributed by atoms with Crippen LogP contribution in [0.15, 0.2) is 12.5 Å². The van der Waals surface area contributed by atoms with Crippen LogP contribution in [0.2, 0.25) is 0 Å². The second-order valence-corrected chi connectivity index (χ2v) is 2.22. The van der Waals surface area contributed by atoms with Gasteiger partial charge in [-0.25, -0.2) is 0 Å². The Kier molecular flexibility index (Phi) is 4.13. The number of aromatic nitrogens is 2. The van der Waals surface area contributed by atoms with Gasteiger partial charge >= 0.3 is 0 Å². The fourth-order valence-electron chi connectivity index (χ4n) is 0.448. The number of hydrogen-bond donors (Lipinski definition) is 0. The van der Waals surface area contributed by atoms with Crippen molar-refractivity contribution in [1.29, 1.82) is 0 Å². The van der Waals surface area contributed by atoms with E-state index in [1.54, 1.807) is 6.20 Å². The fraction of sp³-hybridized carbons (Fsp3) is 0.400. The van der Waals surface area contributed by atoms with Crippen molar-refractivity contribution in [2.24, 2.45) is 0 Å². The minimum Gasteiger partial charge on any atom is -0.450 e. The van der Waals surface area contributed by atoms with Crippen LogP contribution < -0.4 is 4.98 Å². The maximum atomic E-state index is 5.64. The summed E-state index contributed by atoms with van der Waals surface area (Å²) in [7, 11) is 0. The summed E-state index contributed by atoms with van der Waals surface area (Å²) in [6.07, 6.45) is 3.16. The van der Waals surface area contributed by atoms with Crippen molar-refractivity contribution < 1.29 is 20.4 Å². The van der Waals surface area contributed by atoms with E-state index < -0.39 is 0 Å². The summed E-state index contributed by atoms with van der Waals surface area (Å²) in [5.41, 5.74) is 0.840. The topological polar surface area (TPSA) is 27.0 Å². The van der Waals surface area contributed by atoms with Crippen LogP contribution in [0.25, 0.3) is 0 Å². The summed E-state index contributed by atoms with van der Waals surface area (Å²) in [4.78, 5) is 7.62. The van der Waals surface area contributed by atoms with Crippen LogP contribution in [-0.4, -0.2) is 4.98 Å². The molecule has 0 saturated heterocycles. The monoisotopic (exact) mass is 235 g/mol. The summed E-state index contributed by atoms with van der Waals surface area (Å²) in [6, 6.07) is 0. The maximum absolute atomic E-state index is 5.64. The summed E-state index contributed by atoms with van der Waals surface area (Å²) < 4.78 is 0. The predicted octanol–water partition coefficient (Wildman–Crippen LogP) is 1.34. The van der Waals surface area contributed by atoms with Gasteiger partial charge in [-0.3, -0.25) is 0 Å². The molecule has 1 aromatic rings. The van der Waals surface area contributed by atoms with Gasteiger partial charge in [-0.2, -0.15) is 0 Å². The molecule has 1 atom stereocenters. The van der Waals surface area contributed by atoms with Crippen molar-refractivity contribution in [2.45, 2.75) is 12.3 Å². The third-order valence-electron chi connectivity index (χ3n) is 0.888. The van der Waals surface area contributed by atoms with Crippen LogP contribution in [0.5, 0.6) is 0 Å². The minimum absolute atomic E-state index is 0. The van der Waals surface area contributed by atoms with E-state index in [1.165, 1.54) is 6.33 Å². The molecule has 0 aliphatic rings. The van der Waals surface area contributed by atoms with E-state index in [2.05, 4.69) is 9.97 Å². The number of nitrogens with zero attached hydrogens (tertiary/aromatic N) is 2. The summed E-state index contributed by atoms with van der Waals surface area (Å²) in [5, 5.41) is -0.0162. The van der Waals surface area contributed by atoms with Crippen molar-refractivity contribution in [1.82, 2.24) is 9.97 Å². The molecule has 0 aliphatic carbocycles. The predicted molar refractivity (Wildman–Crippen MR) is 31.8 cm³/mol. The molecule has 4 heteroatoms. The van der Waals surface area contributed by atoms with Gasteiger partial charge in [-0.05, 0) is 6.92 Å². The summed E-state index contributed by atoms with van der Waals surface area (Å²) in [5.74, 6) is 0. The first kappa shape index (κ1) is 9.16. The smallest absolute Gasteiger partial charge is 0.0516 e. The number of rotatable bonds is 1. The largest absolute Gasteiger partial charge is 0.450 e. The van der Waals surface area contributed by atoms with Crippen LogP contribution in [0.1, 0.15) is 18.0 Å². The first-order chi connectivity index (χ1) is 3.80. The van der Waals surface area contributed by atoms with Crippen LogP contribution in [0.3, 0.4) is 0 Å². The van der Waals surface area contributed by atoms with E-state index in [9.17, 15) is 0 Å². The Balaban J connectivity index is 0.000000640. The van der Waals surface area contributed by atoms with E-state index in [4.69, 9.17) is 11.6 Å². The van der Waals surface area contributed by atoms with E-state index >= 15 is 0 Å². The normalized spacial score (nSPS) is 12.2. The van der Waals surface area contributed by atoms with Crippen molar-refractivity contribution >= 4 is 11.6 Å². The van der Waals surface area contributed by atoms with Gasteiger partial charge in [-0.1, -0.05) is 18.2 Å². The molecule has 9 heavy (non-hydrogen) atoms. The molecule has 0 radical (unpaired) electrons. The van der Waals surface area contributed by atoms with Crippen molar-refractivity contribution in [3.05, 3.63) is 18.2 Å². The van der Waals surface area contributed by atoms with E-state index in [0.29, 0.717) is 0 Å². The Hall–Kier alpha value is 0.162. The first-order valence-electron chi connectivity index (χ1n) is 2.37. The van der Waals surface area contributed by atoms with Gasteiger partial charge in [0, 0.05) is 20.4 Å². The third kappa shape index (κ3) is 2.49. The van der Waals surface area contributed by atoms with Gasteiger partial charge in [0.25, 0.3) is 0 Å². The molecule has 0 N–H and O–H groups in total. The van der Waals surface area contributed by atoms with Gasteiger partial charge in [0.1, 0.15) is 0 Å². The van der Waals surface area contributed by atoms with Crippen LogP contribution >= 0.6 is 11.6 Å². The molecular weight excluding hydrogens is 230 g/mol. The van der Waals surface area contributed by atoms with Gasteiger partial charge in [-0.15, -0.1) is 11.6 Å². The number of hydrogen-bond acceptors (Lipinski definition) is 1. The van der Waals surface area contributed by atoms with E-state index in [-0.39, 0.29) is 25.8 Å². The third-order valence-corrected chi connectivity index (χ3v) is 1.11. The summed E-state index contributed by atoms with van der Waals surface area (Å²) >= 11 is 5.64. The molecule has 0 bridgehead atoms. The average molecular weight is 236 g/mol. The van der Waals surface area contributed by atoms with Crippen molar-refractivity contribution in [2.75, 3.05) is 0 Å². The standard InChI is InChI=1S/C5H6ClN2.Pd/c1-4(6)5-2-7-3-8-5;/h2-4H,1H3;/q-1;. The van der Waals surface area contributed by atoms with Gasteiger partial charge in [0.05, 0.1) is 5.38 Å². The molecule has 1 rings (SSSR count). The second-order valence-electron chi connectivity index (χ2n) is 1.56. The van der Waals surface area contributed by atoms with Crippen LogP contribution in [0.4, 0.5) is 0 Å². The van der Waals surface area contributed by atoms with Crippen LogP contribution in [0, 0.1) is 0 Å². The Bertz CT molecular complexity index is 150. The van der Waals surface area contributed by atoms with Crippen LogP contribution in [-0.2, 0) is 20.4 Å². The molecule has 2 nitrogen and oxygen atoms in total. The average Bonchev–Trinajstić information content (AvgIpc) is 2.12. The molecule has 0 amide bonds. The molecule has 0 spiro atoms. The van der Waals surface area contributed by atoms with Gasteiger partial charge in [0.2, 0.25) is 0 Å². The van der Waals surface area contributed by atoms with Gasteiger partial charge < -0.3 is 9.97 Å². The number of halogens is 1. The maximum Gasteiger partial charge on any atom is 0.0516 e. The van der Waals surface area contributed by atoms with Gasteiger partial charge in [0.15, 0.2) is 0 Å². The molecule has 0 aromatic carbocycles.